The summed E-state index contributed by atoms with van der Waals surface area (Å²) in [5, 5.41) is 4.22. The van der Waals surface area contributed by atoms with Crippen molar-refractivity contribution in [1.29, 1.82) is 0 Å². The van der Waals surface area contributed by atoms with E-state index in [1.54, 1.807) is 7.05 Å². The zero-order valence-corrected chi connectivity index (χ0v) is 11.1. The lowest BCUT2D eigenvalue weighted by Gasteiger charge is -2.03. The number of aromatic nitrogens is 3. The molecule has 17 heavy (non-hydrogen) atoms. The van der Waals surface area contributed by atoms with Crippen molar-refractivity contribution in [2.75, 3.05) is 12.4 Å². The molecule has 0 unspecified atom stereocenters. The summed E-state index contributed by atoms with van der Waals surface area (Å²) in [4.78, 5) is 13.1. The van der Waals surface area contributed by atoms with E-state index in [0.717, 1.165) is 4.90 Å². The molecule has 88 valence electrons. The van der Waals surface area contributed by atoms with E-state index in [1.807, 2.05) is 24.3 Å². The molecule has 2 aromatic rings. The standard InChI is InChI=1S/C10H8Cl2N4S/c1-13-9-14-8(12)15-10(16-9)17-7-4-2-6(11)3-5-7/h2-5H,1H3,(H,13,14,15,16). The van der Waals surface area contributed by atoms with Gasteiger partial charge in [0.25, 0.3) is 0 Å². The van der Waals surface area contributed by atoms with Crippen molar-refractivity contribution in [3.05, 3.63) is 34.6 Å². The Bertz CT molecular complexity index is 518. The van der Waals surface area contributed by atoms with E-state index in [9.17, 15) is 0 Å². The second-order valence-corrected chi connectivity index (χ2v) is 4.83. The van der Waals surface area contributed by atoms with Crippen molar-refractivity contribution in [3.63, 3.8) is 0 Å². The number of benzene rings is 1. The summed E-state index contributed by atoms with van der Waals surface area (Å²) in [6.45, 7) is 0. The van der Waals surface area contributed by atoms with Gasteiger partial charge in [-0.3, -0.25) is 0 Å². The van der Waals surface area contributed by atoms with Crippen LogP contribution in [0.2, 0.25) is 10.3 Å². The Labute approximate surface area is 113 Å². The zero-order chi connectivity index (χ0) is 12.3. The summed E-state index contributed by atoms with van der Waals surface area (Å²) in [7, 11) is 1.72. The van der Waals surface area contributed by atoms with Crippen molar-refractivity contribution in [3.8, 4) is 0 Å². The molecule has 4 nitrogen and oxygen atoms in total. The van der Waals surface area contributed by atoms with E-state index >= 15 is 0 Å². The summed E-state index contributed by atoms with van der Waals surface area (Å²) >= 11 is 13.0. The van der Waals surface area contributed by atoms with Crippen molar-refractivity contribution < 1.29 is 0 Å². The number of hydrogen-bond donors (Lipinski definition) is 1. The molecule has 1 heterocycles. The first kappa shape index (κ1) is 12.4. The minimum Gasteiger partial charge on any atom is -0.357 e. The highest BCUT2D eigenvalue weighted by atomic mass is 35.5. The smallest absolute Gasteiger partial charge is 0.228 e. The van der Waals surface area contributed by atoms with Gasteiger partial charge in [-0.15, -0.1) is 0 Å². The first-order valence-corrected chi connectivity index (χ1v) is 6.27. The predicted molar refractivity (Wildman–Crippen MR) is 70.0 cm³/mol. The third-order valence-corrected chi connectivity index (χ3v) is 3.13. The van der Waals surface area contributed by atoms with Gasteiger partial charge in [0.15, 0.2) is 5.16 Å². The first-order valence-electron chi connectivity index (χ1n) is 4.70. The van der Waals surface area contributed by atoms with E-state index in [1.165, 1.54) is 11.8 Å². The van der Waals surface area contributed by atoms with Crippen molar-refractivity contribution in [1.82, 2.24) is 15.0 Å². The van der Waals surface area contributed by atoms with E-state index in [-0.39, 0.29) is 5.28 Å². The van der Waals surface area contributed by atoms with Gasteiger partial charge in [-0.2, -0.15) is 15.0 Å². The number of nitrogens with one attached hydrogen (secondary N) is 1. The lowest BCUT2D eigenvalue weighted by Crippen LogP contribution is -1.99. The van der Waals surface area contributed by atoms with Gasteiger partial charge in [-0.1, -0.05) is 11.6 Å². The quantitative estimate of drug-likeness (QED) is 0.938. The van der Waals surface area contributed by atoms with E-state index < -0.39 is 0 Å². The average molecular weight is 287 g/mol. The maximum atomic E-state index is 5.81. The normalized spacial score (nSPS) is 10.3. The molecule has 0 bridgehead atoms. The molecule has 0 amide bonds. The molecule has 0 aliphatic heterocycles. The lowest BCUT2D eigenvalue weighted by atomic mass is 10.4. The molecule has 0 radical (unpaired) electrons. The van der Waals surface area contributed by atoms with Crippen LogP contribution in [0.3, 0.4) is 0 Å². The number of hydrogen-bond acceptors (Lipinski definition) is 5. The minimum absolute atomic E-state index is 0.167. The molecule has 7 heteroatoms. The van der Waals surface area contributed by atoms with Gasteiger partial charge in [0.2, 0.25) is 11.2 Å². The van der Waals surface area contributed by atoms with E-state index in [4.69, 9.17) is 23.2 Å². The van der Waals surface area contributed by atoms with Gasteiger partial charge in [0.1, 0.15) is 0 Å². The van der Waals surface area contributed by atoms with Crippen LogP contribution in [0.4, 0.5) is 5.95 Å². The summed E-state index contributed by atoms with van der Waals surface area (Å²) < 4.78 is 0. The van der Waals surface area contributed by atoms with Gasteiger partial charge in [-0.25, -0.2) is 0 Å². The fourth-order valence-corrected chi connectivity index (χ4v) is 2.18. The van der Waals surface area contributed by atoms with Gasteiger partial charge in [-0.05, 0) is 47.6 Å². The van der Waals surface area contributed by atoms with Crippen LogP contribution in [0, 0.1) is 0 Å². The SMILES string of the molecule is CNc1nc(Cl)nc(Sc2ccc(Cl)cc2)n1. The predicted octanol–water partition coefficient (Wildman–Crippen LogP) is 3.37. The lowest BCUT2D eigenvalue weighted by molar-refractivity contribution is 0.908. The molecule has 0 aliphatic carbocycles. The van der Waals surface area contributed by atoms with Crippen LogP contribution in [0.25, 0.3) is 0 Å². The molecule has 1 aromatic heterocycles. The fourth-order valence-electron chi connectivity index (χ4n) is 1.10. The van der Waals surface area contributed by atoms with Crippen LogP contribution in [0.15, 0.2) is 34.3 Å². The van der Waals surface area contributed by atoms with Gasteiger partial charge >= 0.3 is 0 Å². The summed E-state index contributed by atoms with van der Waals surface area (Å²) in [5.74, 6) is 0.446. The zero-order valence-electron chi connectivity index (χ0n) is 8.82. The number of nitrogens with zero attached hydrogens (tertiary/aromatic N) is 3. The third-order valence-electron chi connectivity index (χ3n) is 1.83. The topological polar surface area (TPSA) is 50.7 Å². The molecule has 0 atom stereocenters. The Morgan fingerprint density at radius 1 is 1.06 bits per heavy atom. The molecule has 1 N–H and O–H groups in total. The van der Waals surface area contributed by atoms with Crippen molar-refractivity contribution in [2.45, 2.75) is 10.1 Å². The molecule has 2 rings (SSSR count). The Morgan fingerprint density at radius 2 is 1.76 bits per heavy atom. The van der Waals surface area contributed by atoms with Crippen LogP contribution < -0.4 is 5.32 Å². The monoisotopic (exact) mass is 286 g/mol. The minimum atomic E-state index is 0.167. The highest BCUT2D eigenvalue weighted by molar-refractivity contribution is 7.99. The largest absolute Gasteiger partial charge is 0.357 e. The van der Waals surface area contributed by atoms with E-state index in [2.05, 4.69) is 20.3 Å². The molecule has 1 aromatic carbocycles. The van der Waals surface area contributed by atoms with E-state index in [0.29, 0.717) is 16.1 Å². The Balaban J connectivity index is 2.23. The maximum absolute atomic E-state index is 5.81. The first-order chi connectivity index (χ1) is 8.17. The number of rotatable bonds is 3. The Hall–Kier alpha value is -1.04. The average Bonchev–Trinajstić information content (AvgIpc) is 2.31. The van der Waals surface area contributed by atoms with Gasteiger partial charge in [0, 0.05) is 17.0 Å². The second-order valence-electron chi connectivity index (χ2n) is 3.02. The van der Waals surface area contributed by atoms with Crippen LogP contribution in [-0.4, -0.2) is 22.0 Å². The van der Waals surface area contributed by atoms with Gasteiger partial charge < -0.3 is 5.32 Å². The number of halogens is 2. The summed E-state index contributed by atoms with van der Waals surface area (Å²) in [6.07, 6.45) is 0. The number of anilines is 1. The summed E-state index contributed by atoms with van der Waals surface area (Å²) in [6, 6.07) is 7.41. The highest BCUT2D eigenvalue weighted by Gasteiger charge is 2.05. The van der Waals surface area contributed by atoms with Crippen molar-refractivity contribution >= 4 is 40.9 Å². The molecule has 0 saturated heterocycles. The maximum Gasteiger partial charge on any atom is 0.228 e. The Kier molecular flexibility index (Phi) is 4.04. The molecule has 0 fully saturated rings. The van der Waals surface area contributed by atoms with Crippen LogP contribution >= 0.6 is 35.0 Å². The van der Waals surface area contributed by atoms with Crippen LogP contribution in [0.1, 0.15) is 0 Å². The molecule has 0 saturated carbocycles. The fraction of sp³-hybridized carbons (Fsp3) is 0.100. The molecular weight excluding hydrogens is 279 g/mol. The molecule has 0 aliphatic rings. The molecular formula is C10H8Cl2N4S. The van der Waals surface area contributed by atoms with Crippen LogP contribution in [-0.2, 0) is 0 Å². The van der Waals surface area contributed by atoms with Crippen LogP contribution in [0.5, 0.6) is 0 Å². The van der Waals surface area contributed by atoms with Gasteiger partial charge in [0.05, 0.1) is 0 Å². The van der Waals surface area contributed by atoms with Crippen molar-refractivity contribution in [2.24, 2.45) is 0 Å². The third kappa shape index (κ3) is 3.46. The summed E-state index contributed by atoms with van der Waals surface area (Å²) in [5.41, 5.74) is 0. The Morgan fingerprint density at radius 3 is 2.41 bits per heavy atom. The molecule has 0 spiro atoms. The highest BCUT2D eigenvalue weighted by Crippen LogP contribution is 2.26. The second kappa shape index (κ2) is 5.53.